The Balaban J connectivity index is 1.85. The molecule has 1 aliphatic rings. The molecule has 0 atom stereocenters. The van der Waals surface area contributed by atoms with E-state index < -0.39 is 5.66 Å². The normalized spacial score (nSPS) is 13.4. The quantitative estimate of drug-likeness (QED) is 0.439. The van der Waals surface area contributed by atoms with E-state index in [1.165, 1.54) is 21.3 Å². The Labute approximate surface area is 164 Å². The summed E-state index contributed by atoms with van der Waals surface area (Å²) in [5, 5.41) is 10.8. The Kier molecular flexibility index (Phi) is 7.38. The molecule has 0 spiro atoms. The van der Waals surface area contributed by atoms with Crippen LogP contribution in [0.2, 0.25) is 0 Å². The maximum atomic E-state index is 12.6. The molecule has 0 bridgehead atoms. The van der Waals surface area contributed by atoms with Gasteiger partial charge < -0.3 is 19.5 Å². The molecule has 0 fully saturated rings. The van der Waals surface area contributed by atoms with E-state index in [0.29, 0.717) is 48.6 Å². The number of carbonyl (C=O) groups excluding carboxylic acids is 2. The van der Waals surface area contributed by atoms with E-state index >= 15 is 0 Å². The highest BCUT2D eigenvalue weighted by Gasteiger charge is 2.38. The van der Waals surface area contributed by atoms with Crippen LogP contribution in [0.3, 0.4) is 0 Å². The smallest absolute Gasteiger partial charge is 0.220 e. The molecule has 0 aliphatic carbocycles. The number of hydrogen-bond acceptors (Lipinski definition) is 7. The van der Waals surface area contributed by atoms with Crippen LogP contribution < -0.4 is 19.5 Å². The molecule has 1 aliphatic heterocycles. The van der Waals surface area contributed by atoms with Crippen LogP contribution in [0.5, 0.6) is 17.2 Å². The van der Waals surface area contributed by atoms with Gasteiger partial charge in [0.1, 0.15) is 0 Å². The monoisotopic (exact) mass is 387 g/mol. The van der Waals surface area contributed by atoms with Crippen molar-refractivity contribution in [2.45, 2.75) is 37.8 Å². The van der Waals surface area contributed by atoms with Crippen molar-refractivity contribution in [3.8, 4) is 29.6 Å². The van der Waals surface area contributed by atoms with Crippen LogP contribution in [0.15, 0.2) is 22.4 Å². The summed E-state index contributed by atoms with van der Waals surface area (Å²) < 4.78 is 15.8. The van der Waals surface area contributed by atoms with Gasteiger partial charge in [-0.25, -0.2) is 0 Å². The van der Waals surface area contributed by atoms with Gasteiger partial charge in [0, 0.05) is 38.6 Å². The van der Waals surface area contributed by atoms with Crippen LogP contribution in [-0.2, 0) is 4.79 Å². The number of hydrogen-bond donors (Lipinski definition) is 1. The van der Waals surface area contributed by atoms with Gasteiger partial charge in [0.25, 0.3) is 0 Å². The zero-order valence-electron chi connectivity index (χ0n) is 16.4. The molecule has 1 aromatic carbocycles. The summed E-state index contributed by atoms with van der Waals surface area (Å²) in [4.78, 5) is 24.6. The van der Waals surface area contributed by atoms with Gasteiger partial charge in [0.15, 0.2) is 22.9 Å². The molecule has 8 nitrogen and oxygen atoms in total. The topological polar surface area (TPSA) is 98.6 Å². The molecule has 1 N–H and O–H groups in total. The van der Waals surface area contributed by atoms with Crippen molar-refractivity contribution >= 4 is 11.7 Å². The third-order valence-corrected chi connectivity index (χ3v) is 4.48. The second-order valence-electron chi connectivity index (χ2n) is 6.29. The second-order valence-corrected chi connectivity index (χ2v) is 6.29. The minimum atomic E-state index is -0.428. The van der Waals surface area contributed by atoms with Crippen LogP contribution in [-0.4, -0.2) is 45.2 Å². The maximum Gasteiger partial charge on any atom is 0.220 e. The first-order chi connectivity index (χ1) is 13.5. The van der Waals surface area contributed by atoms with Crippen LogP contribution in [0.4, 0.5) is 0 Å². The Bertz CT molecular complexity index is 792. The van der Waals surface area contributed by atoms with E-state index in [-0.39, 0.29) is 24.5 Å². The molecule has 0 aromatic heterocycles. The van der Waals surface area contributed by atoms with Gasteiger partial charge in [-0.2, -0.15) is 10.2 Å². The summed E-state index contributed by atoms with van der Waals surface area (Å²) in [6.45, 7) is 0.435. The van der Waals surface area contributed by atoms with E-state index in [2.05, 4.69) is 21.5 Å². The SMILES string of the molecule is C#CCCC1(CCNC(=O)CCC(=O)c2ccc(OC)c(OC)c2OC)N=N1. The Morgan fingerprint density at radius 2 is 1.79 bits per heavy atom. The summed E-state index contributed by atoms with van der Waals surface area (Å²) in [7, 11) is 4.42. The van der Waals surface area contributed by atoms with Crippen molar-refractivity contribution in [1.29, 1.82) is 0 Å². The predicted octanol–water partition coefficient (Wildman–Crippen LogP) is 2.76. The van der Waals surface area contributed by atoms with Gasteiger partial charge in [0.05, 0.1) is 26.9 Å². The first kappa shape index (κ1) is 21.2. The van der Waals surface area contributed by atoms with Crippen molar-refractivity contribution < 1.29 is 23.8 Å². The van der Waals surface area contributed by atoms with Crippen LogP contribution in [0.1, 0.15) is 42.5 Å². The fraction of sp³-hybridized carbons (Fsp3) is 0.500. The number of nitrogens with one attached hydrogen (secondary N) is 1. The molecule has 0 saturated heterocycles. The number of rotatable bonds is 12. The lowest BCUT2D eigenvalue weighted by Gasteiger charge is -2.15. The highest BCUT2D eigenvalue weighted by Crippen LogP contribution is 2.40. The number of nitrogens with zero attached hydrogens (tertiary/aromatic N) is 2. The number of carbonyl (C=O) groups is 2. The number of amides is 1. The lowest BCUT2D eigenvalue weighted by atomic mass is 10.0. The third-order valence-electron chi connectivity index (χ3n) is 4.48. The molecule has 1 amide bonds. The minimum absolute atomic E-state index is 0.0503. The van der Waals surface area contributed by atoms with E-state index in [0.717, 1.165) is 0 Å². The standard InChI is InChI=1S/C20H25N3O5/c1-5-6-11-20(22-23-20)12-13-21-17(25)10-8-15(24)14-7-9-16(26-2)19(28-4)18(14)27-3/h1,7,9H,6,8,10-13H2,2-4H3,(H,21,25). The van der Waals surface area contributed by atoms with Gasteiger partial charge in [-0.05, 0) is 12.1 Å². The molecule has 28 heavy (non-hydrogen) atoms. The molecule has 1 heterocycles. The third kappa shape index (κ3) is 5.22. The summed E-state index contributed by atoms with van der Waals surface area (Å²) >= 11 is 0. The fourth-order valence-corrected chi connectivity index (χ4v) is 2.84. The first-order valence-electron chi connectivity index (χ1n) is 8.96. The zero-order chi connectivity index (χ0) is 20.6. The summed E-state index contributed by atoms with van der Waals surface area (Å²) in [5.41, 5.74) is -0.0839. The molecule has 0 radical (unpaired) electrons. The number of ketones is 1. The van der Waals surface area contributed by atoms with Crippen LogP contribution in [0, 0.1) is 12.3 Å². The zero-order valence-corrected chi connectivity index (χ0v) is 16.4. The molecule has 150 valence electrons. The molecule has 0 unspecified atom stereocenters. The highest BCUT2D eigenvalue weighted by molar-refractivity contribution is 6.01. The Morgan fingerprint density at radius 3 is 2.36 bits per heavy atom. The van der Waals surface area contributed by atoms with Gasteiger partial charge in [-0.1, -0.05) is 0 Å². The average molecular weight is 387 g/mol. The van der Waals surface area contributed by atoms with E-state index in [1.807, 2.05) is 0 Å². The molecule has 0 saturated carbocycles. The van der Waals surface area contributed by atoms with Crippen molar-refractivity contribution in [3.05, 3.63) is 17.7 Å². The minimum Gasteiger partial charge on any atom is -0.493 e. The average Bonchev–Trinajstić information content (AvgIpc) is 3.48. The number of benzene rings is 1. The van der Waals surface area contributed by atoms with Crippen molar-refractivity contribution in [3.63, 3.8) is 0 Å². The van der Waals surface area contributed by atoms with Crippen LogP contribution >= 0.6 is 0 Å². The predicted molar refractivity (Wildman–Crippen MR) is 103 cm³/mol. The van der Waals surface area contributed by atoms with E-state index in [9.17, 15) is 9.59 Å². The molecular weight excluding hydrogens is 362 g/mol. The molecule has 8 heteroatoms. The van der Waals surface area contributed by atoms with E-state index in [1.54, 1.807) is 12.1 Å². The lowest BCUT2D eigenvalue weighted by Crippen LogP contribution is -2.28. The van der Waals surface area contributed by atoms with Crippen molar-refractivity contribution in [2.75, 3.05) is 27.9 Å². The lowest BCUT2D eigenvalue weighted by molar-refractivity contribution is -0.121. The summed E-state index contributed by atoms with van der Waals surface area (Å²) in [6.07, 6.45) is 7.27. The van der Waals surface area contributed by atoms with Gasteiger partial charge in [-0.3, -0.25) is 9.59 Å². The summed E-state index contributed by atoms with van der Waals surface area (Å²) in [6, 6.07) is 3.23. The molecule has 2 rings (SSSR count). The van der Waals surface area contributed by atoms with Crippen molar-refractivity contribution in [1.82, 2.24) is 5.32 Å². The molecular formula is C20H25N3O5. The van der Waals surface area contributed by atoms with Gasteiger partial charge in [0.2, 0.25) is 11.7 Å². The Hall–Kier alpha value is -3.08. The van der Waals surface area contributed by atoms with Crippen LogP contribution in [0.25, 0.3) is 0 Å². The Morgan fingerprint density at radius 1 is 1.07 bits per heavy atom. The van der Waals surface area contributed by atoms with Gasteiger partial charge >= 0.3 is 0 Å². The first-order valence-corrected chi connectivity index (χ1v) is 8.96. The maximum absolute atomic E-state index is 12.6. The number of Topliss-reactive ketones (excluding diaryl/α,β-unsaturated/α-hetero) is 1. The number of terminal acetylenes is 1. The summed E-state index contributed by atoms with van der Waals surface area (Å²) in [5.74, 6) is 3.23. The fourth-order valence-electron chi connectivity index (χ4n) is 2.84. The van der Waals surface area contributed by atoms with Gasteiger partial charge in [-0.15, -0.1) is 12.3 Å². The highest BCUT2D eigenvalue weighted by atomic mass is 16.5. The largest absolute Gasteiger partial charge is 0.493 e. The second kappa shape index (κ2) is 9.74. The number of ether oxygens (including phenoxy) is 3. The van der Waals surface area contributed by atoms with Crippen molar-refractivity contribution in [2.24, 2.45) is 10.2 Å². The number of methoxy groups -OCH3 is 3. The molecule has 1 aromatic rings. The van der Waals surface area contributed by atoms with E-state index in [4.69, 9.17) is 20.6 Å².